The van der Waals surface area contributed by atoms with Gasteiger partial charge >= 0.3 is 0 Å². The molecular weight excluding hydrogens is 216 g/mol. The first kappa shape index (κ1) is 9.91. The van der Waals surface area contributed by atoms with Crippen molar-refractivity contribution in [2.75, 3.05) is 5.75 Å². The average molecular weight is 228 g/mol. The van der Waals surface area contributed by atoms with Crippen LogP contribution in [0, 0.1) is 0 Å². The fourth-order valence-corrected chi connectivity index (χ4v) is 3.48. The first-order valence-electron chi connectivity index (χ1n) is 5.48. The van der Waals surface area contributed by atoms with Gasteiger partial charge in [-0.1, -0.05) is 30.3 Å². The molecule has 0 N–H and O–H groups in total. The molecule has 0 aromatic heterocycles. The van der Waals surface area contributed by atoms with Crippen molar-refractivity contribution in [3.05, 3.63) is 52.6 Å². The Balaban J connectivity index is 2.12. The number of hydrogen-bond donors (Lipinski definition) is 0. The summed E-state index contributed by atoms with van der Waals surface area (Å²) in [5.41, 5.74) is 5.08. The summed E-state index contributed by atoms with van der Waals surface area (Å²) in [6.45, 7) is 0. The standard InChI is InChI=1S/C14H12OS/c15-8-10-7-12-6-5-11-3-1-2-4-13(11)14(12)16-9-10/h1-4,7-8H,5-6,9H2. The molecule has 0 bridgehead atoms. The Bertz CT molecular complexity index is 511. The van der Waals surface area contributed by atoms with Crippen molar-refractivity contribution >= 4 is 23.0 Å². The maximum absolute atomic E-state index is 10.8. The molecular formula is C14H12OS. The molecule has 0 radical (unpaired) electrons. The van der Waals surface area contributed by atoms with Crippen molar-refractivity contribution in [3.63, 3.8) is 0 Å². The van der Waals surface area contributed by atoms with E-state index < -0.39 is 0 Å². The Kier molecular flexibility index (Phi) is 2.44. The second kappa shape index (κ2) is 3.95. The fourth-order valence-electron chi connectivity index (χ4n) is 2.31. The lowest BCUT2D eigenvalue weighted by Gasteiger charge is -2.24. The van der Waals surface area contributed by atoms with Crippen LogP contribution in [0.15, 0.2) is 41.5 Å². The van der Waals surface area contributed by atoms with Gasteiger partial charge in [0.1, 0.15) is 6.29 Å². The van der Waals surface area contributed by atoms with E-state index in [4.69, 9.17) is 0 Å². The van der Waals surface area contributed by atoms with Crippen LogP contribution < -0.4 is 0 Å². The summed E-state index contributed by atoms with van der Waals surface area (Å²) in [5.74, 6) is 0.816. The summed E-state index contributed by atoms with van der Waals surface area (Å²) in [4.78, 5) is 12.2. The zero-order valence-electron chi connectivity index (χ0n) is 8.90. The van der Waals surface area contributed by atoms with Crippen LogP contribution in [-0.2, 0) is 11.2 Å². The Morgan fingerprint density at radius 1 is 1.19 bits per heavy atom. The Hall–Kier alpha value is -1.28. The molecule has 0 amide bonds. The molecule has 16 heavy (non-hydrogen) atoms. The minimum Gasteiger partial charge on any atom is -0.298 e. The minimum atomic E-state index is 0.816. The van der Waals surface area contributed by atoms with Crippen molar-refractivity contribution in [1.82, 2.24) is 0 Å². The van der Waals surface area contributed by atoms with E-state index >= 15 is 0 Å². The number of aldehydes is 1. The van der Waals surface area contributed by atoms with E-state index in [0.29, 0.717) is 0 Å². The van der Waals surface area contributed by atoms with Gasteiger partial charge in [0.05, 0.1) is 0 Å². The highest BCUT2D eigenvalue weighted by Gasteiger charge is 2.21. The monoisotopic (exact) mass is 228 g/mol. The third kappa shape index (κ3) is 1.54. The van der Waals surface area contributed by atoms with E-state index in [-0.39, 0.29) is 0 Å². The van der Waals surface area contributed by atoms with Crippen LogP contribution in [0.4, 0.5) is 0 Å². The molecule has 3 rings (SSSR count). The highest BCUT2D eigenvalue weighted by atomic mass is 32.2. The predicted molar refractivity (Wildman–Crippen MR) is 68.3 cm³/mol. The maximum atomic E-state index is 10.8. The highest BCUT2D eigenvalue weighted by Crippen LogP contribution is 2.42. The lowest BCUT2D eigenvalue weighted by molar-refractivity contribution is -0.104. The second-order valence-corrected chi connectivity index (χ2v) is 5.12. The molecule has 2 heteroatoms. The molecule has 0 saturated heterocycles. The molecule has 1 aliphatic heterocycles. The normalized spacial score (nSPS) is 18.6. The topological polar surface area (TPSA) is 17.1 Å². The number of thioether (sulfide) groups is 1. The van der Waals surface area contributed by atoms with Crippen LogP contribution in [-0.4, -0.2) is 12.0 Å². The van der Waals surface area contributed by atoms with E-state index in [0.717, 1.165) is 30.5 Å². The Morgan fingerprint density at radius 2 is 2.06 bits per heavy atom. The van der Waals surface area contributed by atoms with Gasteiger partial charge in [0.2, 0.25) is 0 Å². The molecule has 1 heterocycles. The second-order valence-electron chi connectivity index (χ2n) is 4.14. The van der Waals surface area contributed by atoms with Gasteiger partial charge in [0.15, 0.2) is 0 Å². The number of rotatable bonds is 1. The summed E-state index contributed by atoms with van der Waals surface area (Å²) < 4.78 is 0. The lowest BCUT2D eigenvalue weighted by Crippen LogP contribution is -2.07. The number of benzene rings is 1. The van der Waals surface area contributed by atoms with Crippen molar-refractivity contribution < 1.29 is 4.79 Å². The predicted octanol–water partition coefficient (Wildman–Crippen LogP) is 3.22. The first-order valence-corrected chi connectivity index (χ1v) is 6.47. The van der Waals surface area contributed by atoms with Crippen LogP contribution >= 0.6 is 11.8 Å². The van der Waals surface area contributed by atoms with Crippen molar-refractivity contribution in [3.8, 4) is 0 Å². The first-order chi connectivity index (χ1) is 7.88. The van der Waals surface area contributed by atoms with E-state index in [9.17, 15) is 4.79 Å². The van der Waals surface area contributed by atoms with Crippen LogP contribution in [0.1, 0.15) is 17.5 Å². The quantitative estimate of drug-likeness (QED) is 0.686. The maximum Gasteiger partial charge on any atom is 0.146 e. The molecule has 80 valence electrons. The van der Waals surface area contributed by atoms with Gasteiger partial charge in [0.25, 0.3) is 0 Å². The molecule has 0 saturated carbocycles. The van der Waals surface area contributed by atoms with Gasteiger partial charge < -0.3 is 0 Å². The molecule has 2 aliphatic rings. The van der Waals surface area contributed by atoms with E-state index in [1.54, 1.807) is 11.8 Å². The number of aryl methyl sites for hydroxylation is 1. The van der Waals surface area contributed by atoms with Gasteiger partial charge in [-0.05, 0) is 29.5 Å². The smallest absolute Gasteiger partial charge is 0.146 e. The molecule has 0 spiro atoms. The summed E-state index contributed by atoms with van der Waals surface area (Å²) in [6, 6.07) is 8.59. The molecule has 1 aliphatic carbocycles. The average Bonchev–Trinajstić information content (AvgIpc) is 2.38. The summed E-state index contributed by atoms with van der Waals surface area (Å²) in [7, 11) is 0. The van der Waals surface area contributed by atoms with Gasteiger partial charge in [-0.2, -0.15) is 0 Å². The zero-order valence-corrected chi connectivity index (χ0v) is 9.72. The SMILES string of the molecule is O=CC1=CC2=C(SC1)c1ccccc1CC2. The number of allylic oxidation sites excluding steroid dienone is 2. The Morgan fingerprint density at radius 3 is 2.94 bits per heavy atom. The number of carbonyl (C=O) groups excluding carboxylic acids is 1. The van der Waals surface area contributed by atoms with Crippen LogP contribution in [0.5, 0.6) is 0 Å². The van der Waals surface area contributed by atoms with E-state index in [2.05, 4.69) is 30.3 Å². The highest BCUT2D eigenvalue weighted by molar-refractivity contribution is 8.08. The van der Waals surface area contributed by atoms with Crippen molar-refractivity contribution in [2.24, 2.45) is 0 Å². The number of hydrogen-bond acceptors (Lipinski definition) is 2. The zero-order chi connectivity index (χ0) is 11.0. The Labute approximate surface area is 99.2 Å². The van der Waals surface area contributed by atoms with Crippen molar-refractivity contribution in [2.45, 2.75) is 12.8 Å². The third-order valence-corrected chi connectivity index (χ3v) is 4.36. The summed E-state index contributed by atoms with van der Waals surface area (Å²) >= 11 is 1.80. The molecule has 1 nitrogen and oxygen atoms in total. The fraction of sp³-hybridized carbons (Fsp3) is 0.214. The van der Waals surface area contributed by atoms with Crippen molar-refractivity contribution in [1.29, 1.82) is 0 Å². The molecule has 1 aromatic carbocycles. The largest absolute Gasteiger partial charge is 0.298 e. The van der Waals surface area contributed by atoms with E-state index in [1.807, 2.05) is 0 Å². The molecule has 0 unspecified atom stereocenters. The van der Waals surface area contributed by atoms with Crippen LogP contribution in [0.2, 0.25) is 0 Å². The van der Waals surface area contributed by atoms with Crippen LogP contribution in [0.3, 0.4) is 0 Å². The minimum absolute atomic E-state index is 0.816. The summed E-state index contributed by atoms with van der Waals surface area (Å²) in [5, 5.41) is 0. The molecule has 0 fully saturated rings. The van der Waals surface area contributed by atoms with Gasteiger partial charge in [-0.3, -0.25) is 4.79 Å². The summed E-state index contributed by atoms with van der Waals surface area (Å²) in [6.07, 6.45) is 5.22. The van der Waals surface area contributed by atoms with Gasteiger partial charge in [-0.25, -0.2) is 0 Å². The molecule has 0 atom stereocenters. The van der Waals surface area contributed by atoms with Gasteiger partial charge in [0, 0.05) is 16.2 Å². The molecule has 1 aromatic rings. The van der Waals surface area contributed by atoms with Crippen LogP contribution in [0.25, 0.3) is 4.91 Å². The van der Waals surface area contributed by atoms with Gasteiger partial charge in [-0.15, -0.1) is 11.8 Å². The third-order valence-electron chi connectivity index (χ3n) is 3.11. The number of fused-ring (bicyclic) bond motifs is 2. The number of carbonyl (C=O) groups is 1. The van der Waals surface area contributed by atoms with E-state index in [1.165, 1.54) is 21.6 Å². The lowest BCUT2D eigenvalue weighted by atomic mass is 9.91.